The summed E-state index contributed by atoms with van der Waals surface area (Å²) in [5.74, 6) is -0.952. The van der Waals surface area contributed by atoms with Crippen molar-refractivity contribution in [2.24, 2.45) is 11.3 Å². The molecular weight excluding hydrogens is 747 g/mol. The third-order valence-corrected chi connectivity index (χ3v) is 15.2. The lowest BCUT2D eigenvalue weighted by Gasteiger charge is -2.63. The number of aromatic nitrogens is 1. The number of fused-ring (bicyclic) bond motifs is 6. The van der Waals surface area contributed by atoms with E-state index in [0.29, 0.717) is 43.7 Å². The van der Waals surface area contributed by atoms with Crippen LogP contribution in [0.3, 0.4) is 0 Å². The maximum atomic E-state index is 15.3. The molecule has 1 spiro atoms. The average Bonchev–Trinajstić information content (AvgIpc) is 3.90. The zero-order chi connectivity index (χ0) is 41.6. The number of para-hydroxylation sites is 1. The van der Waals surface area contributed by atoms with E-state index in [1.54, 1.807) is 7.11 Å². The number of aromatic amines is 1. The zero-order valence-corrected chi connectivity index (χ0v) is 35.5. The predicted molar refractivity (Wildman–Crippen MR) is 226 cm³/mol. The molecule has 9 rings (SSSR count). The average molecular weight is 806 g/mol. The number of anilines is 1. The molecule has 3 aromatic rings. The number of carbonyl (C=O) groups excluding carboxylic acids is 3. The Morgan fingerprint density at radius 3 is 2.56 bits per heavy atom. The lowest BCUT2D eigenvalue weighted by Crippen LogP contribution is -2.82. The quantitative estimate of drug-likeness (QED) is 0.216. The number of amides is 1. The third-order valence-electron chi connectivity index (χ3n) is 15.2. The summed E-state index contributed by atoms with van der Waals surface area (Å²) < 4.78 is 18.6. The topological polar surface area (TPSA) is 137 Å². The highest BCUT2D eigenvalue weighted by molar-refractivity contribution is 5.95. The van der Waals surface area contributed by atoms with E-state index in [4.69, 9.17) is 14.2 Å². The Labute approximate surface area is 346 Å². The van der Waals surface area contributed by atoms with Crippen LogP contribution in [-0.2, 0) is 41.1 Å². The van der Waals surface area contributed by atoms with Gasteiger partial charge in [0.05, 0.1) is 20.3 Å². The number of esters is 2. The molecule has 5 aliphatic heterocycles. The number of ether oxygens (including phenoxy) is 3. The first-order valence-electron chi connectivity index (χ1n) is 21.5. The number of hydrogen-bond acceptors (Lipinski definition) is 10. The molecule has 2 aromatic carbocycles. The second-order valence-corrected chi connectivity index (χ2v) is 17.9. The van der Waals surface area contributed by atoms with Crippen LogP contribution in [0.4, 0.5) is 5.69 Å². The van der Waals surface area contributed by atoms with E-state index in [-0.39, 0.29) is 24.5 Å². The molecule has 12 nitrogen and oxygen atoms in total. The van der Waals surface area contributed by atoms with Crippen molar-refractivity contribution in [2.45, 2.75) is 94.4 Å². The van der Waals surface area contributed by atoms with Gasteiger partial charge in [-0.2, -0.15) is 0 Å². The number of methoxy groups -OCH3 is 2. The van der Waals surface area contributed by atoms with E-state index >= 15 is 4.79 Å². The lowest BCUT2D eigenvalue weighted by atomic mass is 9.47. The molecule has 2 unspecified atom stereocenters. The summed E-state index contributed by atoms with van der Waals surface area (Å²) in [6.45, 7) is 11.7. The van der Waals surface area contributed by atoms with Gasteiger partial charge in [-0.25, -0.2) is 0 Å². The Morgan fingerprint density at radius 1 is 1.05 bits per heavy atom. The SMILES string of the molecule is CCNC(=O)[C@]1(O)[C@@H]2N(C)c3cc(OC)c([C@@]4(C(=O)OC)C[C@@H]5C=C(CC)CN(CCc6c4[nH]c4ccccc64)C5)cc3C23CCN2CC=C[C@](CC)([C@H]23)[C@H]1OC(C)=O. The lowest BCUT2D eigenvalue weighted by molar-refractivity contribution is -0.217. The van der Waals surface area contributed by atoms with Crippen LogP contribution in [0.25, 0.3) is 10.9 Å². The molecule has 2 fully saturated rings. The maximum Gasteiger partial charge on any atom is 0.322 e. The van der Waals surface area contributed by atoms with Crippen molar-refractivity contribution in [3.8, 4) is 5.75 Å². The number of nitrogens with zero attached hydrogens (tertiary/aromatic N) is 3. The number of rotatable bonds is 8. The number of H-pyrrole nitrogens is 1. The molecular formula is C47H59N5O7. The van der Waals surface area contributed by atoms with Crippen molar-refractivity contribution >= 4 is 34.4 Å². The van der Waals surface area contributed by atoms with E-state index < -0.39 is 45.9 Å². The standard InChI is InChI=1S/C47H59N5O7/c1-8-29-22-30-25-46(43(55)58-7,38-32(16-20-51(26-29)27-30)31-14-11-12-15-35(31)49-38)34-23-33-36(24-37(34)57-6)50(5)40-45(33)18-21-52-19-13-17-44(9-2,39(45)52)41(59-28(4)53)47(40,56)42(54)48-10-3/h11-15,17,22-24,30,39-41,49,56H,8-10,16,18-21,25-27H2,1-7H3,(H,48,54)/t30-,39-,40+,41+,44+,45?,46-,47-/m0/s1. The highest BCUT2D eigenvalue weighted by Crippen LogP contribution is 2.68. The van der Waals surface area contributed by atoms with Gasteiger partial charge in [-0.1, -0.05) is 55.8 Å². The van der Waals surface area contributed by atoms with E-state index in [2.05, 4.69) is 76.4 Å². The van der Waals surface area contributed by atoms with Crippen molar-refractivity contribution < 1.29 is 33.7 Å². The van der Waals surface area contributed by atoms with Gasteiger partial charge in [-0.3, -0.25) is 24.2 Å². The number of carbonyl (C=O) groups is 3. The van der Waals surface area contributed by atoms with Crippen molar-refractivity contribution in [1.82, 2.24) is 20.1 Å². The van der Waals surface area contributed by atoms with E-state index in [1.165, 1.54) is 19.6 Å². The van der Waals surface area contributed by atoms with E-state index in [0.717, 1.165) is 65.9 Å². The highest BCUT2D eigenvalue weighted by atomic mass is 16.6. The number of likely N-dealkylation sites (N-methyl/N-ethyl adjacent to an activating group) is 2. The Bertz CT molecular complexity index is 2280. The Hall–Kier alpha value is -4.65. The van der Waals surface area contributed by atoms with Gasteiger partial charge < -0.3 is 34.5 Å². The van der Waals surface area contributed by atoms with Crippen LogP contribution in [-0.4, -0.2) is 122 Å². The molecule has 2 bridgehead atoms. The smallest absolute Gasteiger partial charge is 0.322 e. The monoisotopic (exact) mass is 805 g/mol. The Morgan fingerprint density at radius 2 is 1.85 bits per heavy atom. The Kier molecular flexibility index (Phi) is 9.60. The molecule has 1 saturated carbocycles. The minimum atomic E-state index is -2.16. The van der Waals surface area contributed by atoms with Crippen LogP contribution in [0, 0.1) is 11.3 Å². The van der Waals surface area contributed by atoms with Gasteiger partial charge in [0.1, 0.15) is 11.2 Å². The summed E-state index contributed by atoms with van der Waals surface area (Å²) in [5.41, 5.74) is 1.42. The molecule has 6 aliphatic rings. The van der Waals surface area contributed by atoms with Gasteiger partial charge in [0, 0.05) is 97.5 Å². The summed E-state index contributed by atoms with van der Waals surface area (Å²) in [7, 11) is 5.04. The summed E-state index contributed by atoms with van der Waals surface area (Å²) in [6, 6.07) is 11.4. The van der Waals surface area contributed by atoms with Gasteiger partial charge in [0.15, 0.2) is 6.10 Å². The van der Waals surface area contributed by atoms with Crippen molar-refractivity contribution in [2.75, 3.05) is 65.4 Å². The molecule has 1 amide bonds. The number of aliphatic hydroxyl groups is 1. The Balaban J connectivity index is 1.37. The number of benzene rings is 2. The van der Waals surface area contributed by atoms with Gasteiger partial charge in [-0.05, 0) is 74.8 Å². The maximum absolute atomic E-state index is 15.3. The van der Waals surface area contributed by atoms with Crippen LogP contribution in [0.5, 0.6) is 5.75 Å². The van der Waals surface area contributed by atoms with E-state index in [1.807, 2.05) is 31.0 Å². The van der Waals surface area contributed by atoms with Crippen LogP contribution in [0.15, 0.2) is 60.2 Å². The molecule has 1 aliphatic carbocycles. The fraction of sp³-hybridized carbons (Fsp3) is 0.553. The van der Waals surface area contributed by atoms with Gasteiger partial charge in [0.25, 0.3) is 5.91 Å². The minimum absolute atomic E-state index is 0.0295. The number of nitrogens with one attached hydrogen (secondary N) is 2. The molecule has 9 atom stereocenters. The van der Waals surface area contributed by atoms with Crippen LogP contribution in [0.2, 0.25) is 0 Å². The predicted octanol–water partition coefficient (Wildman–Crippen LogP) is 4.76. The fourth-order valence-corrected chi connectivity index (χ4v) is 13.2. The summed E-state index contributed by atoms with van der Waals surface area (Å²) >= 11 is 0. The van der Waals surface area contributed by atoms with Crippen molar-refractivity contribution in [3.05, 3.63) is 82.6 Å². The van der Waals surface area contributed by atoms with Gasteiger partial charge in [-0.15, -0.1) is 0 Å². The number of hydrogen-bond donors (Lipinski definition) is 3. The molecule has 3 N–H and O–H groups in total. The summed E-state index contributed by atoms with van der Waals surface area (Å²) in [5, 5.41) is 17.6. The molecule has 0 radical (unpaired) electrons. The molecule has 1 saturated heterocycles. The van der Waals surface area contributed by atoms with Crippen molar-refractivity contribution in [3.63, 3.8) is 0 Å². The van der Waals surface area contributed by atoms with Crippen LogP contribution < -0.4 is 15.0 Å². The van der Waals surface area contributed by atoms with Gasteiger partial charge in [0.2, 0.25) is 5.60 Å². The van der Waals surface area contributed by atoms with Crippen LogP contribution >= 0.6 is 0 Å². The van der Waals surface area contributed by atoms with E-state index in [9.17, 15) is 14.7 Å². The second kappa shape index (κ2) is 14.2. The third kappa shape index (κ3) is 5.27. The second-order valence-electron chi connectivity index (χ2n) is 17.9. The highest BCUT2D eigenvalue weighted by Gasteiger charge is 2.80. The normalized spacial score (nSPS) is 34.3. The molecule has 1 aromatic heterocycles. The summed E-state index contributed by atoms with van der Waals surface area (Å²) in [6.07, 6.45) is 8.65. The molecule has 314 valence electrons. The van der Waals surface area contributed by atoms with Crippen LogP contribution in [0.1, 0.15) is 75.8 Å². The molecule has 12 heteroatoms. The fourth-order valence-electron chi connectivity index (χ4n) is 13.2. The first kappa shape index (κ1) is 39.8. The minimum Gasteiger partial charge on any atom is -0.496 e. The van der Waals surface area contributed by atoms with Gasteiger partial charge >= 0.3 is 11.9 Å². The summed E-state index contributed by atoms with van der Waals surface area (Å²) in [4.78, 5) is 53.9. The first-order valence-corrected chi connectivity index (χ1v) is 21.5. The van der Waals surface area contributed by atoms with Crippen molar-refractivity contribution in [1.29, 1.82) is 0 Å². The molecule has 6 heterocycles. The largest absolute Gasteiger partial charge is 0.496 e. The first-order chi connectivity index (χ1) is 28.4. The zero-order valence-electron chi connectivity index (χ0n) is 35.5. The molecule has 59 heavy (non-hydrogen) atoms.